The minimum absolute atomic E-state index is 0.107. The van der Waals surface area contributed by atoms with Gasteiger partial charge in [-0.05, 0) is 32.6 Å². The third-order valence-electron chi connectivity index (χ3n) is 3.21. The van der Waals surface area contributed by atoms with Crippen molar-refractivity contribution in [1.29, 1.82) is 0 Å². The lowest BCUT2D eigenvalue weighted by molar-refractivity contribution is 0.115. The Labute approximate surface area is 81.9 Å². The topological polar surface area (TPSA) is 20.2 Å². The summed E-state index contributed by atoms with van der Waals surface area (Å²) in [5.74, 6) is 0.456. The Hall–Kier alpha value is -0.300. The van der Waals surface area contributed by atoms with Gasteiger partial charge in [-0.2, -0.15) is 0 Å². The summed E-state index contributed by atoms with van der Waals surface area (Å²) in [6, 6.07) is 0. The molecule has 1 saturated carbocycles. The van der Waals surface area contributed by atoms with Crippen molar-refractivity contribution in [2.75, 3.05) is 0 Å². The number of hydrogen-bond acceptors (Lipinski definition) is 1. The Morgan fingerprint density at radius 2 is 2.23 bits per heavy atom. The quantitative estimate of drug-likeness (QED) is 0.513. The van der Waals surface area contributed by atoms with E-state index in [-0.39, 0.29) is 6.10 Å². The maximum atomic E-state index is 9.87. The fraction of sp³-hybridized carbons (Fsp3) is 0.833. The number of hydrogen-bond donors (Lipinski definition) is 1. The smallest absolute Gasteiger partial charge is 0.0602 e. The van der Waals surface area contributed by atoms with Crippen LogP contribution in [0.1, 0.15) is 52.4 Å². The van der Waals surface area contributed by atoms with Crippen LogP contribution in [0.15, 0.2) is 11.6 Å². The highest BCUT2D eigenvalue weighted by atomic mass is 16.3. The highest BCUT2D eigenvalue weighted by Crippen LogP contribution is 2.31. The van der Waals surface area contributed by atoms with Crippen LogP contribution in [-0.2, 0) is 0 Å². The average molecular weight is 182 g/mol. The summed E-state index contributed by atoms with van der Waals surface area (Å²) in [5, 5.41) is 9.87. The second-order valence-corrected chi connectivity index (χ2v) is 4.05. The van der Waals surface area contributed by atoms with E-state index in [9.17, 15) is 5.11 Å². The molecule has 1 aliphatic rings. The molecular weight excluding hydrogens is 160 g/mol. The highest BCUT2D eigenvalue weighted by Gasteiger charge is 2.22. The van der Waals surface area contributed by atoms with Gasteiger partial charge in [0.15, 0.2) is 0 Å². The van der Waals surface area contributed by atoms with Gasteiger partial charge in [-0.3, -0.25) is 0 Å². The standard InChI is InChI=1S/C12H22O/c1-3-10-8-6-5-7-9-11(10)12(13)4-2/h3,11-13H,4-9H2,1-2H3/b10-3-/t11-,12-/m0/s1. The van der Waals surface area contributed by atoms with Gasteiger partial charge in [0.25, 0.3) is 0 Å². The summed E-state index contributed by atoms with van der Waals surface area (Å²) in [5.41, 5.74) is 1.49. The lowest BCUT2D eigenvalue weighted by Crippen LogP contribution is -2.20. The average Bonchev–Trinajstić information content (AvgIpc) is 2.41. The van der Waals surface area contributed by atoms with E-state index in [0.717, 1.165) is 6.42 Å². The van der Waals surface area contributed by atoms with Crippen LogP contribution in [0.3, 0.4) is 0 Å². The van der Waals surface area contributed by atoms with Crippen LogP contribution in [-0.4, -0.2) is 11.2 Å². The molecule has 0 spiro atoms. The first-order chi connectivity index (χ1) is 6.29. The fourth-order valence-electron chi connectivity index (χ4n) is 2.32. The van der Waals surface area contributed by atoms with Crippen molar-refractivity contribution >= 4 is 0 Å². The van der Waals surface area contributed by atoms with Crippen LogP contribution in [0.5, 0.6) is 0 Å². The van der Waals surface area contributed by atoms with Gasteiger partial charge in [-0.15, -0.1) is 0 Å². The number of rotatable bonds is 2. The first-order valence-electron chi connectivity index (χ1n) is 5.62. The normalized spacial score (nSPS) is 30.1. The predicted molar refractivity (Wildman–Crippen MR) is 56.6 cm³/mol. The molecule has 2 atom stereocenters. The van der Waals surface area contributed by atoms with Crippen molar-refractivity contribution in [3.63, 3.8) is 0 Å². The number of aliphatic hydroxyl groups excluding tert-OH is 1. The van der Waals surface area contributed by atoms with Crippen molar-refractivity contribution in [3.05, 3.63) is 11.6 Å². The van der Waals surface area contributed by atoms with Gasteiger partial charge in [0.1, 0.15) is 0 Å². The molecule has 0 aromatic rings. The predicted octanol–water partition coefficient (Wildman–Crippen LogP) is 3.28. The summed E-state index contributed by atoms with van der Waals surface area (Å²) in [4.78, 5) is 0. The van der Waals surface area contributed by atoms with Crippen molar-refractivity contribution in [2.24, 2.45) is 5.92 Å². The van der Waals surface area contributed by atoms with Crippen LogP contribution in [0, 0.1) is 5.92 Å². The van der Waals surface area contributed by atoms with Gasteiger partial charge in [-0.25, -0.2) is 0 Å². The summed E-state index contributed by atoms with van der Waals surface area (Å²) >= 11 is 0. The van der Waals surface area contributed by atoms with Crippen molar-refractivity contribution in [1.82, 2.24) is 0 Å². The summed E-state index contributed by atoms with van der Waals surface area (Å²) in [6.45, 7) is 4.18. The second kappa shape index (κ2) is 5.43. The maximum Gasteiger partial charge on any atom is 0.0602 e. The van der Waals surface area contributed by atoms with E-state index in [0.29, 0.717) is 5.92 Å². The Balaban J connectivity index is 2.65. The molecule has 0 unspecified atom stereocenters. The molecule has 13 heavy (non-hydrogen) atoms. The lowest BCUT2D eigenvalue weighted by Gasteiger charge is -2.22. The summed E-state index contributed by atoms with van der Waals surface area (Å²) in [6.07, 6.45) is 9.34. The molecule has 1 fully saturated rings. The highest BCUT2D eigenvalue weighted by molar-refractivity contribution is 5.08. The molecular formula is C12H22O. The molecule has 0 aliphatic heterocycles. The molecule has 0 bridgehead atoms. The van der Waals surface area contributed by atoms with E-state index in [1.807, 2.05) is 0 Å². The first kappa shape index (κ1) is 10.8. The molecule has 1 aliphatic carbocycles. The Morgan fingerprint density at radius 1 is 1.46 bits per heavy atom. The zero-order valence-corrected chi connectivity index (χ0v) is 8.92. The zero-order chi connectivity index (χ0) is 9.68. The Morgan fingerprint density at radius 3 is 2.85 bits per heavy atom. The lowest BCUT2D eigenvalue weighted by atomic mass is 9.88. The van der Waals surface area contributed by atoms with Gasteiger partial charge >= 0.3 is 0 Å². The molecule has 1 heteroatoms. The Kier molecular flexibility index (Phi) is 4.51. The van der Waals surface area contributed by atoms with E-state index in [1.54, 1.807) is 0 Å². The van der Waals surface area contributed by atoms with E-state index in [1.165, 1.54) is 37.7 Å². The van der Waals surface area contributed by atoms with Crippen LogP contribution < -0.4 is 0 Å². The number of aliphatic hydroxyl groups is 1. The summed E-state index contributed by atoms with van der Waals surface area (Å²) < 4.78 is 0. The molecule has 0 aromatic heterocycles. The molecule has 0 saturated heterocycles. The van der Waals surface area contributed by atoms with Gasteiger partial charge in [0.05, 0.1) is 6.10 Å². The second-order valence-electron chi connectivity index (χ2n) is 4.05. The SMILES string of the molecule is C/C=C1/CCCCC[C@@H]1[C@@H](O)CC. The van der Waals surface area contributed by atoms with E-state index >= 15 is 0 Å². The van der Waals surface area contributed by atoms with Crippen LogP contribution in [0.25, 0.3) is 0 Å². The molecule has 1 nitrogen and oxygen atoms in total. The minimum atomic E-state index is -0.107. The summed E-state index contributed by atoms with van der Waals surface area (Å²) in [7, 11) is 0. The first-order valence-corrected chi connectivity index (χ1v) is 5.62. The molecule has 0 radical (unpaired) electrons. The van der Waals surface area contributed by atoms with Gasteiger partial charge in [-0.1, -0.05) is 31.4 Å². The van der Waals surface area contributed by atoms with Crippen LogP contribution in [0.2, 0.25) is 0 Å². The van der Waals surface area contributed by atoms with Crippen molar-refractivity contribution in [3.8, 4) is 0 Å². The van der Waals surface area contributed by atoms with E-state index < -0.39 is 0 Å². The van der Waals surface area contributed by atoms with Crippen molar-refractivity contribution in [2.45, 2.75) is 58.5 Å². The van der Waals surface area contributed by atoms with Crippen LogP contribution >= 0.6 is 0 Å². The Bertz CT molecular complexity index is 172. The van der Waals surface area contributed by atoms with Gasteiger partial charge in [0.2, 0.25) is 0 Å². The van der Waals surface area contributed by atoms with Gasteiger partial charge < -0.3 is 5.11 Å². The maximum absolute atomic E-state index is 9.87. The molecule has 0 heterocycles. The zero-order valence-electron chi connectivity index (χ0n) is 8.92. The number of allylic oxidation sites excluding steroid dienone is 1. The van der Waals surface area contributed by atoms with Crippen molar-refractivity contribution < 1.29 is 5.11 Å². The van der Waals surface area contributed by atoms with Gasteiger partial charge in [0, 0.05) is 5.92 Å². The minimum Gasteiger partial charge on any atom is -0.393 e. The third-order valence-corrected chi connectivity index (χ3v) is 3.21. The molecule has 76 valence electrons. The third kappa shape index (κ3) is 2.84. The molecule has 1 rings (SSSR count). The van der Waals surface area contributed by atoms with Crippen LogP contribution in [0.4, 0.5) is 0 Å². The van der Waals surface area contributed by atoms with E-state index in [2.05, 4.69) is 19.9 Å². The van der Waals surface area contributed by atoms with E-state index in [4.69, 9.17) is 0 Å². The molecule has 1 N–H and O–H groups in total. The molecule has 0 aromatic carbocycles. The monoisotopic (exact) mass is 182 g/mol. The fourth-order valence-corrected chi connectivity index (χ4v) is 2.32. The largest absolute Gasteiger partial charge is 0.393 e. The molecule has 0 amide bonds.